The van der Waals surface area contributed by atoms with Crippen LogP contribution in [0.4, 0.5) is 4.39 Å². The third kappa shape index (κ3) is 4.69. The lowest BCUT2D eigenvalue weighted by atomic mass is 10.2. The SMILES string of the molecule is O=C(NCc1ccco1)c1csc(-c2ccc(OCc3ccccc3F)cc2Cl)n1. The topological polar surface area (TPSA) is 64.4 Å². The number of hydrogen-bond acceptors (Lipinski definition) is 5. The molecule has 0 aliphatic carbocycles. The lowest BCUT2D eigenvalue weighted by molar-refractivity contribution is 0.0944. The van der Waals surface area contributed by atoms with Gasteiger partial charge in [0.25, 0.3) is 5.91 Å². The zero-order valence-electron chi connectivity index (χ0n) is 15.6. The highest BCUT2D eigenvalue weighted by Crippen LogP contribution is 2.33. The van der Waals surface area contributed by atoms with Gasteiger partial charge in [-0.25, -0.2) is 9.37 Å². The fraction of sp³-hybridized carbons (Fsp3) is 0.0909. The van der Waals surface area contributed by atoms with Crippen molar-refractivity contribution in [3.63, 3.8) is 0 Å². The van der Waals surface area contributed by atoms with Gasteiger partial charge in [0.1, 0.15) is 34.6 Å². The predicted molar refractivity (Wildman–Crippen MR) is 113 cm³/mol. The van der Waals surface area contributed by atoms with Crippen LogP contribution in [0.1, 0.15) is 21.8 Å². The molecule has 0 aliphatic heterocycles. The van der Waals surface area contributed by atoms with Gasteiger partial charge in [0.15, 0.2) is 0 Å². The first-order valence-corrected chi connectivity index (χ1v) is 10.3. The molecule has 30 heavy (non-hydrogen) atoms. The molecule has 0 spiro atoms. The van der Waals surface area contributed by atoms with E-state index in [0.717, 1.165) is 0 Å². The Morgan fingerprint density at radius 1 is 1.20 bits per heavy atom. The average Bonchev–Trinajstić information content (AvgIpc) is 3.44. The van der Waals surface area contributed by atoms with Crippen LogP contribution in [0.5, 0.6) is 5.75 Å². The number of carbonyl (C=O) groups is 1. The van der Waals surface area contributed by atoms with Crippen molar-refractivity contribution in [2.24, 2.45) is 0 Å². The number of aromatic nitrogens is 1. The fourth-order valence-corrected chi connectivity index (χ4v) is 3.86. The van der Waals surface area contributed by atoms with Crippen LogP contribution in [0.15, 0.2) is 70.7 Å². The van der Waals surface area contributed by atoms with Gasteiger partial charge >= 0.3 is 0 Å². The van der Waals surface area contributed by atoms with Crippen molar-refractivity contribution < 1.29 is 18.3 Å². The number of ether oxygens (including phenoxy) is 1. The van der Waals surface area contributed by atoms with Gasteiger partial charge in [0.2, 0.25) is 0 Å². The van der Waals surface area contributed by atoms with E-state index in [1.807, 2.05) is 0 Å². The van der Waals surface area contributed by atoms with Crippen molar-refractivity contribution in [3.8, 4) is 16.3 Å². The quantitative estimate of drug-likeness (QED) is 0.398. The second-order valence-corrected chi connectivity index (χ2v) is 7.59. The monoisotopic (exact) mass is 442 g/mol. The van der Waals surface area contributed by atoms with E-state index in [2.05, 4.69) is 10.3 Å². The van der Waals surface area contributed by atoms with Crippen LogP contribution < -0.4 is 10.1 Å². The molecule has 5 nitrogen and oxygen atoms in total. The van der Waals surface area contributed by atoms with Crippen molar-refractivity contribution in [3.05, 3.63) is 94.1 Å². The molecule has 1 N–H and O–H groups in total. The van der Waals surface area contributed by atoms with E-state index in [1.165, 1.54) is 17.4 Å². The standard InChI is InChI=1S/C22H16ClFN2O3S/c23-18-10-15(29-12-14-4-1-2-6-19(14)24)7-8-17(18)22-26-20(13-30-22)21(27)25-11-16-5-3-9-28-16/h1-10,13H,11-12H2,(H,25,27). The first-order valence-electron chi connectivity index (χ1n) is 9.02. The molecule has 0 bridgehead atoms. The van der Waals surface area contributed by atoms with Gasteiger partial charge in [0.05, 0.1) is 17.8 Å². The molecule has 0 unspecified atom stereocenters. The third-order valence-electron chi connectivity index (χ3n) is 4.26. The average molecular weight is 443 g/mol. The lowest BCUT2D eigenvalue weighted by Gasteiger charge is -2.09. The highest BCUT2D eigenvalue weighted by Gasteiger charge is 2.15. The van der Waals surface area contributed by atoms with Crippen molar-refractivity contribution >= 4 is 28.8 Å². The summed E-state index contributed by atoms with van der Waals surface area (Å²) in [6.45, 7) is 0.382. The zero-order chi connectivity index (χ0) is 20.9. The molecule has 0 atom stereocenters. The van der Waals surface area contributed by atoms with E-state index in [0.29, 0.717) is 38.4 Å². The number of benzene rings is 2. The molecule has 0 saturated carbocycles. The van der Waals surface area contributed by atoms with Crippen LogP contribution in [-0.4, -0.2) is 10.9 Å². The molecule has 1 amide bonds. The molecule has 4 rings (SSSR count). The number of halogens is 2. The van der Waals surface area contributed by atoms with Crippen LogP contribution in [0.3, 0.4) is 0 Å². The van der Waals surface area contributed by atoms with Crippen LogP contribution in [0, 0.1) is 5.82 Å². The number of nitrogens with one attached hydrogen (secondary N) is 1. The van der Waals surface area contributed by atoms with E-state index < -0.39 is 0 Å². The maximum absolute atomic E-state index is 13.7. The Balaban J connectivity index is 1.42. The summed E-state index contributed by atoms with van der Waals surface area (Å²) in [6, 6.07) is 15.1. The van der Waals surface area contributed by atoms with Crippen LogP contribution in [-0.2, 0) is 13.2 Å². The molecular formula is C22H16ClFN2O3S. The molecule has 0 aliphatic rings. The maximum Gasteiger partial charge on any atom is 0.271 e. The summed E-state index contributed by atoms with van der Waals surface area (Å²) in [6.07, 6.45) is 1.55. The fourth-order valence-electron chi connectivity index (χ4n) is 2.71. The summed E-state index contributed by atoms with van der Waals surface area (Å²) >= 11 is 7.71. The van der Waals surface area contributed by atoms with Gasteiger partial charge in [-0.1, -0.05) is 29.8 Å². The third-order valence-corrected chi connectivity index (χ3v) is 5.45. The molecule has 2 heterocycles. The van der Waals surface area contributed by atoms with Gasteiger partial charge in [-0.15, -0.1) is 11.3 Å². The number of furan rings is 1. The Bertz CT molecular complexity index is 1160. The van der Waals surface area contributed by atoms with E-state index in [4.69, 9.17) is 20.8 Å². The Morgan fingerprint density at radius 3 is 2.83 bits per heavy atom. The van der Waals surface area contributed by atoms with Gasteiger partial charge in [0, 0.05) is 16.5 Å². The number of hydrogen-bond donors (Lipinski definition) is 1. The minimum absolute atomic E-state index is 0.0968. The molecule has 152 valence electrons. The summed E-state index contributed by atoms with van der Waals surface area (Å²) in [4.78, 5) is 16.7. The molecule has 4 aromatic rings. The Kier molecular flexibility index (Phi) is 6.11. The van der Waals surface area contributed by atoms with Gasteiger partial charge in [-0.2, -0.15) is 0 Å². The Morgan fingerprint density at radius 2 is 2.07 bits per heavy atom. The molecule has 0 saturated heterocycles. The minimum atomic E-state index is -0.319. The largest absolute Gasteiger partial charge is 0.489 e. The second kappa shape index (κ2) is 9.11. The zero-order valence-corrected chi connectivity index (χ0v) is 17.2. The summed E-state index contributed by atoms with van der Waals surface area (Å²) < 4.78 is 24.5. The van der Waals surface area contributed by atoms with Crippen molar-refractivity contribution in [1.82, 2.24) is 10.3 Å². The maximum atomic E-state index is 13.7. The lowest BCUT2D eigenvalue weighted by Crippen LogP contribution is -2.22. The van der Waals surface area contributed by atoms with Gasteiger partial charge in [-0.05, 0) is 36.4 Å². The molecule has 2 aromatic heterocycles. The summed E-state index contributed by atoms with van der Waals surface area (Å²) in [5.41, 5.74) is 1.45. The first-order chi connectivity index (χ1) is 14.6. The van der Waals surface area contributed by atoms with Crippen LogP contribution in [0.25, 0.3) is 10.6 Å². The highest BCUT2D eigenvalue weighted by molar-refractivity contribution is 7.13. The number of amides is 1. The van der Waals surface area contributed by atoms with Gasteiger partial charge in [-0.3, -0.25) is 4.79 Å². The predicted octanol–water partition coefficient (Wildman–Crippen LogP) is 5.70. The summed E-state index contributed by atoms with van der Waals surface area (Å²) in [5, 5.41) is 5.47. The van der Waals surface area contributed by atoms with E-state index in [-0.39, 0.29) is 24.9 Å². The van der Waals surface area contributed by atoms with Gasteiger partial charge < -0.3 is 14.5 Å². The van der Waals surface area contributed by atoms with Crippen molar-refractivity contribution in [2.45, 2.75) is 13.2 Å². The normalized spacial score (nSPS) is 10.7. The molecule has 0 radical (unpaired) electrons. The summed E-state index contributed by atoms with van der Waals surface area (Å²) in [7, 11) is 0. The van der Waals surface area contributed by atoms with E-state index in [9.17, 15) is 9.18 Å². The Labute approximate surface area is 181 Å². The molecule has 8 heteroatoms. The van der Waals surface area contributed by atoms with E-state index in [1.54, 1.807) is 60.2 Å². The highest BCUT2D eigenvalue weighted by atomic mass is 35.5. The second-order valence-electron chi connectivity index (χ2n) is 6.32. The molecule has 0 fully saturated rings. The van der Waals surface area contributed by atoms with Crippen molar-refractivity contribution in [1.29, 1.82) is 0 Å². The number of carbonyl (C=O) groups excluding carboxylic acids is 1. The van der Waals surface area contributed by atoms with Crippen LogP contribution in [0.2, 0.25) is 5.02 Å². The van der Waals surface area contributed by atoms with Crippen LogP contribution >= 0.6 is 22.9 Å². The summed E-state index contributed by atoms with van der Waals surface area (Å²) in [5.74, 6) is 0.559. The minimum Gasteiger partial charge on any atom is -0.489 e. The number of nitrogens with zero attached hydrogens (tertiary/aromatic N) is 1. The smallest absolute Gasteiger partial charge is 0.271 e. The molecular weight excluding hydrogens is 427 g/mol. The number of rotatable bonds is 7. The Hall–Kier alpha value is -3.16. The first kappa shape index (κ1) is 20.1. The number of thiazole rings is 1. The van der Waals surface area contributed by atoms with Crippen molar-refractivity contribution in [2.75, 3.05) is 0 Å². The van der Waals surface area contributed by atoms with E-state index >= 15 is 0 Å². The molecule has 2 aromatic carbocycles.